The van der Waals surface area contributed by atoms with Crippen molar-refractivity contribution < 1.29 is 18.7 Å². The van der Waals surface area contributed by atoms with Gasteiger partial charge in [0.25, 0.3) is 0 Å². The minimum Gasteiger partial charge on any atom is -0.462 e. The summed E-state index contributed by atoms with van der Waals surface area (Å²) in [5, 5.41) is 12.4. The van der Waals surface area contributed by atoms with Crippen molar-refractivity contribution in [3.05, 3.63) is 23.9 Å². The molecule has 3 rings (SSSR count). The Balaban J connectivity index is 1.98. The van der Waals surface area contributed by atoms with Gasteiger partial charge in [-0.15, -0.1) is 10.2 Å². The molecular weight excluding hydrogens is 405 g/mol. The molecule has 0 atom stereocenters. The Morgan fingerprint density at radius 1 is 1.33 bits per heavy atom. The van der Waals surface area contributed by atoms with Crippen LogP contribution in [0.4, 0.5) is 4.39 Å². The highest BCUT2D eigenvalue weighted by molar-refractivity contribution is 6.76. The Morgan fingerprint density at radius 2 is 2.07 bits per heavy atom. The van der Waals surface area contributed by atoms with Crippen LogP contribution < -0.4 is 0 Å². The molecule has 8 nitrogen and oxygen atoms in total. The third kappa shape index (κ3) is 5.42. The van der Waals surface area contributed by atoms with Crippen molar-refractivity contribution >= 4 is 19.6 Å². The molecule has 0 bridgehead atoms. The number of esters is 1. The van der Waals surface area contributed by atoms with Crippen molar-refractivity contribution in [2.24, 2.45) is 13.0 Å². The summed E-state index contributed by atoms with van der Waals surface area (Å²) in [5.74, 6) is -0.0643. The topological polar surface area (TPSA) is 84.1 Å². The quantitative estimate of drug-likeness (QED) is 0.246. The zero-order valence-corrected chi connectivity index (χ0v) is 19.3. The second-order valence-electron chi connectivity index (χ2n) is 8.73. The van der Waals surface area contributed by atoms with Crippen LogP contribution in [-0.2, 0) is 28.0 Å². The van der Waals surface area contributed by atoms with E-state index in [0.29, 0.717) is 23.9 Å². The summed E-state index contributed by atoms with van der Waals surface area (Å²) in [6, 6.07) is 0.989. The molecule has 10 heteroatoms. The van der Waals surface area contributed by atoms with Gasteiger partial charge in [0.05, 0.1) is 12.8 Å². The average Bonchev–Trinajstić information content (AvgIpc) is 3.32. The molecule has 1 aliphatic rings. The molecule has 0 unspecified atom stereocenters. The number of hydrogen-bond donors (Lipinski definition) is 0. The lowest BCUT2D eigenvalue weighted by atomic mass is 10.2. The second kappa shape index (κ2) is 9.21. The van der Waals surface area contributed by atoms with E-state index < -0.39 is 19.9 Å². The first-order chi connectivity index (χ1) is 14.2. The van der Waals surface area contributed by atoms with Gasteiger partial charge in [0, 0.05) is 21.7 Å². The van der Waals surface area contributed by atoms with Crippen LogP contribution in [0.5, 0.6) is 0 Å². The molecule has 1 fully saturated rings. The van der Waals surface area contributed by atoms with Gasteiger partial charge in [-0.2, -0.15) is 5.10 Å². The highest BCUT2D eigenvalue weighted by Gasteiger charge is 2.29. The van der Waals surface area contributed by atoms with Gasteiger partial charge in [-0.1, -0.05) is 25.7 Å². The Kier molecular flexibility index (Phi) is 6.87. The number of allylic oxidation sites excluding steroid dienone is 1. The fraction of sp³-hybridized carbons (Fsp3) is 0.600. The molecule has 0 saturated heterocycles. The van der Waals surface area contributed by atoms with Gasteiger partial charge in [-0.3, -0.25) is 9.25 Å². The summed E-state index contributed by atoms with van der Waals surface area (Å²) in [6.07, 6.45) is 5.05. The molecule has 0 N–H and O–H groups in total. The highest BCUT2D eigenvalue weighted by Crippen LogP contribution is 2.34. The van der Waals surface area contributed by atoms with Crippen LogP contribution in [0.25, 0.3) is 17.1 Å². The Morgan fingerprint density at radius 3 is 2.63 bits per heavy atom. The third-order valence-electron chi connectivity index (χ3n) is 4.83. The predicted molar refractivity (Wildman–Crippen MR) is 114 cm³/mol. The Bertz CT molecular complexity index is 908. The molecule has 0 aliphatic heterocycles. The van der Waals surface area contributed by atoms with Gasteiger partial charge in [-0.25, -0.2) is 9.18 Å². The number of carbonyl (C=O) groups is 1. The summed E-state index contributed by atoms with van der Waals surface area (Å²) >= 11 is 0. The normalized spacial score (nSPS) is 14.9. The van der Waals surface area contributed by atoms with E-state index in [0.717, 1.165) is 25.1 Å². The number of aryl methyl sites for hydroxylation is 1. The van der Waals surface area contributed by atoms with Crippen LogP contribution in [0, 0.1) is 11.7 Å². The third-order valence-corrected chi connectivity index (χ3v) is 6.54. The van der Waals surface area contributed by atoms with Crippen LogP contribution in [0.2, 0.25) is 25.7 Å². The predicted octanol–water partition coefficient (Wildman–Crippen LogP) is 3.49. The van der Waals surface area contributed by atoms with Crippen molar-refractivity contribution in [2.45, 2.75) is 52.2 Å². The molecular formula is C20H30FN5O3Si. The van der Waals surface area contributed by atoms with Gasteiger partial charge in [-0.05, 0) is 31.7 Å². The van der Waals surface area contributed by atoms with Gasteiger partial charge >= 0.3 is 5.97 Å². The van der Waals surface area contributed by atoms with Crippen LogP contribution in [0.1, 0.15) is 25.6 Å². The summed E-state index contributed by atoms with van der Waals surface area (Å²) in [7, 11) is 0.368. The number of nitrogens with zero attached hydrogens (tertiary/aromatic N) is 5. The van der Waals surface area contributed by atoms with Gasteiger partial charge in [0.2, 0.25) is 0 Å². The SMILES string of the molecule is CCOC(=O)C(=CC1CC1)c1nnc(-c2c(F)cnn2C)n1COCC[Si](C)(C)C. The molecule has 30 heavy (non-hydrogen) atoms. The van der Waals surface area contributed by atoms with E-state index in [1.165, 1.54) is 4.68 Å². The first kappa shape index (κ1) is 22.4. The van der Waals surface area contributed by atoms with E-state index in [1.807, 2.05) is 6.08 Å². The van der Waals surface area contributed by atoms with Gasteiger partial charge < -0.3 is 9.47 Å². The lowest BCUT2D eigenvalue weighted by Crippen LogP contribution is -2.22. The van der Waals surface area contributed by atoms with E-state index in [4.69, 9.17) is 9.47 Å². The second-order valence-corrected chi connectivity index (χ2v) is 14.3. The van der Waals surface area contributed by atoms with Gasteiger partial charge in [0.15, 0.2) is 17.5 Å². The van der Waals surface area contributed by atoms with Crippen LogP contribution in [0.15, 0.2) is 12.3 Å². The monoisotopic (exact) mass is 435 g/mol. The van der Waals surface area contributed by atoms with Crippen molar-refractivity contribution in [1.29, 1.82) is 0 Å². The van der Waals surface area contributed by atoms with Crippen molar-refractivity contribution in [1.82, 2.24) is 24.5 Å². The van der Waals surface area contributed by atoms with Crippen LogP contribution in [-0.4, -0.2) is 51.8 Å². The summed E-state index contributed by atoms with van der Waals surface area (Å²) in [4.78, 5) is 12.7. The molecule has 2 heterocycles. The number of hydrogen-bond acceptors (Lipinski definition) is 6. The van der Waals surface area contributed by atoms with E-state index in [-0.39, 0.29) is 24.9 Å². The van der Waals surface area contributed by atoms with Crippen molar-refractivity contribution in [3.8, 4) is 11.5 Å². The standard InChI is InChI=1S/C20H30FN5O3Si/c1-6-29-20(27)15(11-14-7-8-14)18-23-24-19(17-16(21)12-22-25(17)2)26(18)13-28-9-10-30(3,4)5/h11-12,14H,6-10,13H2,1-5H3. The molecule has 1 aliphatic carbocycles. The molecule has 0 spiro atoms. The number of aromatic nitrogens is 5. The first-order valence-electron chi connectivity index (χ1n) is 10.3. The largest absolute Gasteiger partial charge is 0.462 e. The number of halogens is 1. The molecule has 0 amide bonds. The fourth-order valence-electron chi connectivity index (χ4n) is 2.94. The van der Waals surface area contributed by atoms with E-state index >= 15 is 0 Å². The molecule has 0 aromatic carbocycles. The number of carbonyl (C=O) groups excluding carboxylic acids is 1. The molecule has 164 valence electrons. The first-order valence-corrected chi connectivity index (χ1v) is 14.0. The number of rotatable bonds is 10. The van der Waals surface area contributed by atoms with E-state index in [9.17, 15) is 9.18 Å². The molecule has 2 aromatic heterocycles. The zero-order chi connectivity index (χ0) is 21.9. The Hall–Kier alpha value is -2.33. The maximum absolute atomic E-state index is 14.4. The molecule has 1 saturated carbocycles. The Labute approximate surface area is 177 Å². The fourth-order valence-corrected chi connectivity index (χ4v) is 3.69. The van der Waals surface area contributed by atoms with Gasteiger partial charge in [0.1, 0.15) is 18.0 Å². The minimum absolute atomic E-state index is 0.105. The van der Waals surface area contributed by atoms with Crippen molar-refractivity contribution in [3.63, 3.8) is 0 Å². The van der Waals surface area contributed by atoms with E-state index in [2.05, 4.69) is 34.9 Å². The summed E-state index contributed by atoms with van der Waals surface area (Å²) in [6.45, 7) is 9.50. The maximum atomic E-state index is 14.4. The number of ether oxygens (including phenoxy) is 2. The maximum Gasteiger partial charge on any atom is 0.341 e. The zero-order valence-electron chi connectivity index (χ0n) is 18.3. The van der Waals surface area contributed by atoms with Crippen LogP contribution >= 0.6 is 0 Å². The molecule has 0 radical (unpaired) electrons. The average molecular weight is 436 g/mol. The lowest BCUT2D eigenvalue weighted by Gasteiger charge is -2.17. The van der Waals surface area contributed by atoms with Crippen LogP contribution in [0.3, 0.4) is 0 Å². The summed E-state index contributed by atoms with van der Waals surface area (Å²) in [5.41, 5.74) is 0.534. The lowest BCUT2D eigenvalue weighted by molar-refractivity contribution is -0.136. The molecule has 2 aromatic rings. The summed E-state index contributed by atoms with van der Waals surface area (Å²) < 4.78 is 28.6. The van der Waals surface area contributed by atoms with Crippen molar-refractivity contribution in [2.75, 3.05) is 13.2 Å². The van der Waals surface area contributed by atoms with E-state index in [1.54, 1.807) is 18.5 Å². The highest BCUT2D eigenvalue weighted by atomic mass is 28.3. The smallest absolute Gasteiger partial charge is 0.341 e. The minimum atomic E-state index is -1.27.